The van der Waals surface area contributed by atoms with Crippen molar-refractivity contribution in [2.45, 2.75) is 0 Å². The first kappa shape index (κ1) is 11.9. The zero-order chi connectivity index (χ0) is 13.2. The van der Waals surface area contributed by atoms with Crippen molar-refractivity contribution in [1.82, 2.24) is 10.2 Å². The molecule has 0 spiro atoms. The lowest BCUT2D eigenvalue weighted by molar-refractivity contribution is 0.628. The van der Waals surface area contributed by atoms with Crippen LogP contribution in [-0.2, 0) is 0 Å². The molecule has 0 fully saturated rings. The highest BCUT2D eigenvalue weighted by atomic mass is 35.5. The minimum atomic E-state index is -0.471. The molecule has 0 radical (unpaired) electrons. The summed E-state index contributed by atoms with van der Waals surface area (Å²) < 4.78 is 13.3. The van der Waals surface area contributed by atoms with Crippen LogP contribution < -0.4 is 0 Å². The van der Waals surface area contributed by atoms with E-state index in [1.54, 1.807) is 18.5 Å². The highest BCUT2D eigenvalue weighted by Gasteiger charge is 2.00. The summed E-state index contributed by atoms with van der Waals surface area (Å²) in [6.07, 6.45) is 3.42. The summed E-state index contributed by atoms with van der Waals surface area (Å²) in [5, 5.41) is 7.93. The Balaban J connectivity index is 1.90. The molecule has 0 aliphatic carbocycles. The number of aliphatic imine (C=N–C) groups is 1. The molecule has 0 saturated heterocycles. The quantitative estimate of drug-likeness (QED) is 0.702. The van der Waals surface area contributed by atoms with Gasteiger partial charge in [0.1, 0.15) is 5.82 Å². The molecule has 5 heteroatoms. The van der Waals surface area contributed by atoms with E-state index in [4.69, 9.17) is 11.6 Å². The van der Waals surface area contributed by atoms with Gasteiger partial charge in [0.2, 0.25) is 0 Å². The van der Waals surface area contributed by atoms with Crippen LogP contribution in [0, 0.1) is 5.82 Å². The molecular formula is C14H9ClFN3. The van der Waals surface area contributed by atoms with E-state index in [1.807, 2.05) is 18.2 Å². The van der Waals surface area contributed by atoms with Gasteiger partial charge in [-0.1, -0.05) is 17.7 Å². The van der Waals surface area contributed by atoms with E-state index in [2.05, 4.69) is 15.2 Å². The van der Waals surface area contributed by atoms with Crippen molar-refractivity contribution in [3.8, 4) is 0 Å². The first-order valence-corrected chi connectivity index (χ1v) is 6.02. The van der Waals surface area contributed by atoms with Crippen molar-refractivity contribution in [1.29, 1.82) is 0 Å². The average Bonchev–Trinajstić information content (AvgIpc) is 2.87. The number of nitrogens with one attached hydrogen (secondary N) is 1. The van der Waals surface area contributed by atoms with E-state index < -0.39 is 5.82 Å². The highest BCUT2D eigenvalue weighted by molar-refractivity contribution is 6.30. The van der Waals surface area contributed by atoms with Crippen LogP contribution >= 0.6 is 11.6 Å². The molecule has 0 unspecified atom stereocenters. The third-order valence-electron chi connectivity index (χ3n) is 2.73. The van der Waals surface area contributed by atoms with Gasteiger partial charge in [-0.05, 0) is 29.8 Å². The third-order valence-corrected chi connectivity index (χ3v) is 3.04. The highest BCUT2D eigenvalue weighted by Crippen LogP contribution is 2.21. The van der Waals surface area contributed by atoms with Crippen molar-refractivity contribution >= 4 is 34.4 Å². The van der Waals surface area contributed by atoms with E-state index in [1.165, 1.54) is 12.1 Å². The topological polar surface area (TPSA) is 41.0 Å². The number of H-pyrrole nitrogens is 1. The second-order valence-corrected chi connectivity index (χ2v) is 4.48. The van der Waals surface area contributed by atoms with E-state index in [0.717, 1.165) is 16.5 Å². The Morgan fingerprint density at radius 1 is 1.21 bits per heavy atom. The predicted molar refractivity (Wildman–Crippen MR) is 74.8 cm³/mol. The summed E-state index contributed by atoms with van der Waals surface area (Å²) in [4.78, 5) is 4.22. The van der Waals surface area contributed by atoms with E-state index in [9.17, 15) is 4.39 Å². The molecule has 1 N–H and O–H groups in total. The van der Waals surface area contributed by atoms with Crippen molar-refractivity contribution in [2.75, 3.05) is 0 Å². The standard InChI is InChI=1S/C14H9ClFN3/c15-12-3-2-11(6-13(12)16)17-7-9-1-4-14-10(5-9)8-18-19-14/h1-8H,(H,18,19)/b17-7+. The van der Waals surface area contributed by atoms with Gasteiger partial charge in [0.25, 0.3) is 0 Å². The summed E-state index contributed by atoms with van der Waals surface area (Å²) in [6.45, 7) is 0. The van der Waals surface area contributed by atoms with Crippen LogP contribution in [0.15, 0.2) is 47.6 Å². The molecule has 0 bridgehead atoms. The zero-order valence-electron chi connectivity index (χ0n) is 9.77. The van der Waals surface area contributed by atoms with Gasteiger partial charge in [-0.25, -0.2) is 4.39 Å². The van der Waals surface area contributed by atoms with Crippen LogP contribution in [0.5, 0.6) is 0 Å². The van der Waals surface area contributed by atoms with Crippen molar-refractivity contribution < 1.29 is 4.39 Å². The van der Waals surface area contributed by atoms with Crippen LogP contribution in [0.1, 0.15) is 5.56 Å². The number of aromatic nitrogens is 2. The van der Waals surface area contributed by atoms with Crippen LogP contribution in [0.2, 0.25) is 5.02 Å². The fourth-order valence-corrected chi connectivity index (χ4v) is 1.87. The smallest absolute Gasteiger partial charge is 0.143 e. The molecule has 0 saturated carbocycles. The Hall–Kier alpha value is -2.20. The summed E-state index contributed by atoms with van der Waals surface area (Å²) >= 11 is 5.61. The minimum absolute atomic E-state index is 0.0961. The maximum Gasteiger partial charge on any atom is 0.143 e. The van der Waals surface area contributed by atoms with Gasteiger partial charge in [-0.15, -0.1) is 0 Å². The first-order chi connectivity index (χ1) is 9.22. The lowest BCUT2D eigenvalue weighted by atomic mass is 10.2. The summed E-state index contributed by atoms with van der Waals surface area (Å²) in [5.41, 5.74) is 2.41. The third kappa shape index (κ3) is 2.48. The van der Waals surface area contributed by atoms with Crippen molar-refractivity contribution in [3.05, 3.63) is 59.0 Å². The molecular weight excluding hydrogens is 265 g/mol. The number of hydrogen-bond donors (Lipinski definition) is 1. The van der Waals surface area contributed by atoms with E-state index >= 15 is 0 Å². The maximum absolute atomic E-state index is 13.3. The fraction of sp³-hybridized carbons (Fsp3) is 0. The largest absolute Gasteiger partial charge is 0.278 e. The molecule has 19 heavy (non-hydrogen) atoms. The molecule has 3 rings (SSSR count). The fourth-order valence-electron chi connectivity index (χ4n) is 1.76. The van der Waals surface area contributed by atoms with Crippen molar-refractivity contribution in [3.63, 3.8) is 0 Å². The van der Waals surface area contributed by atoms with Gasteiger partial charge in [0.15, 0.2) is 0 Å². The Labute approximate surface area is 113 Å². The van der Waals surface area contributed by atoms with Crippen LogP contribution in [0.4, 0.5) is 10.1 Å². The number of fused-ring (bicyclic) bond motifs is 1. The molecule has 1 aromatic heterocycles. The summed E-state index contributed by atoms with van der Waals surface area (Å²) in [6, 6.07) is 10.2. The Bertz CT molecular complexity index is 764. The van der Waals surface area contributed by atoms with Gasteiger partial charge < -0.3 is 0 Å². The number of hydrogen-bond acceptors (Lipinski definition) is 2. The minimum Gasteiger partial charge on any atom is -0.278 e. The molecule has 2 aromatic carbocycles. The molecule has 1 heterocycles. The molecule has 0 aliphatic heterocycles. The van der Waals surface area contributed by atoms with E-state index in [-0.39, 0.29) is 5.02 Å². The number of aromatic amines is 1. The van der Waals surface area contributed by atoms with Crippen LogP contribution in [0.3, 0.4) is 0 Å². The second kappa shape index (κ2) is 4.82. The molecule has 0 amide bonds. The molecule has 0 aliphatic rings. The monoisotopic (exact) mass is 273 g/mol. The van der Waals surface area contributed by atoms with Gasteiger partial charge in [-0.2, -0.15) is 5.10 Å². The Morgan fingerprint density at radius 2 is 2.11 bits per heavy atom. The van der Waals surface area contributed by atoms with Crippen LogP contribution in [-0.4, -0.2) is 16.4 Å². The van der Waals surface area contributed by atoms with Crippen molar-refractivity contribution in [2.24, 2.45) is 4.99 Å². The molecule has 0 atom stereocenters. The molecule has 3 nitrogen and oxygen atoms in total. The average molecular weight is 274 g/mol. The number of nitrogens with zero attached hydrogens (tertiary/aromatic N) is 2. The number of halogens is 2. The normalized spacial score (nSPS) is 11.5. The second-order valence-electron chi connectivity index (χ2n) is 4.07. The predicted octanol–water partition coefficient (Wildman–Crippen LogP) is 4.11. The number of rotatable bonds is 2. The van der Waals surface area contributed by atoms with Crippen LogP contribution in [0.25, 0.3) is 10.9 Å². The van der Waals surface area contributed by atoms with Gasteiger partial charge in [-0.3, -0.25) is 10.1 Å². The SMILES string of the molecule is Fc1cc(/N=C/c2ccc3[nH]ncc3c2)ccc1Cl. The van der Waals surface area contributed by atoms with Gasteiger partial charge in [0.05, 0.1) is 22.4 Å². The molecule has 94 valence electrons. The lowest BCUT2D eigenvalue weighted by Crippen LogP contribution is -1.81. The zero-order valence-corrected chi connectivity index (χ0v) is 10.5. The van der Waals surface area contributed by atoms with E-state index in [0.29, 0.717) is 5.69 Å². The maximum atomic E-state index is 13.3. The molecule has 3 aromatic rings. The Kier molecular flexibility index (Phi) is 3.01. The van der Waals surface area contributed by atoms with Gasteiger partial charge >= 0.3 is 0 Å². The number of benzene rings is 2. The lowest BCUT2D eigenvalue weighted by Gasteiger charge is -1.97. The Morgan fingerprint density at radius 3 is 2.95 bits per heavy atom. The first-order valence-electron chi connectivity index (χ1n) is 5.64. The van der Waals surface area contributed by atoms with Gasteiger partial charge in [0, 0.05) is 17.7 Å². The summed E-state index contributed by atoms with van der Waals surface area (Å²) in [5.74, 6) is -0.471. The summed E-state index contributed by atoms with van der Waals surface area (Å²) in [7, 11) is 0.